The first kappa shape index (κ1) is 18.3. The van der Waals surface area contributed by atoms with Gasteiger partial charge >= 0.3 is 11.9 Å². The molecule has 0 saturated heterocycles. The summed E-state index contributed by atoms with van der Waals surface area (Å²) in [6, 6.07) is 0. The van der Waals surface area contributed by atoms with Gasteiger partial charge in [-0.3, -0.25) is 0 Å². The highest BCUT2D eigenvalue weighted by Gasteiger charge is 2.64. The minimum atomic E-state index is -0.788. The molecule has 0 amide bonds. The summed E-state index contributed by atoms with van der Waals surface area (Å²) < 4.78 is 11.4. The van der Waals surface area contributed by atoms with Gasteiger partial charge in [-0.25, -0.2) is 9.59 Å². The van der Waals surface area contributed by atoms with Crippen LogP contribution in [0.5, 0.6) is 0 Å². The number of fused-ring (bicyclic) bond motifs is 4. The van der Waals surface area contributed by atoms with Gasteiger partial charge in [0.1, 0.15) is 12.2 Å². The normalized spacial score (nSPS) is 47.2. The lowest BCUT2D eigenvalue weighted by atomic mass is 9.70. The van der Waals surface area contributed by atoms with Gasteiger partial charge in [0, 0.05) is 10.8 Å². The van der Waals surface area contributed by atoms with Crippen LogP contribution < -0.4 is 0 Å². The lowest BCUT2D eigenvalue weighted by Crippen LogP contribution is -2.42. The zero-order valence-electron chi connectivity index (χ0n) is 17.2. The van der Waals surface area contributed by atoms with Crippen molar-refractivity contribution in [3.63, 3.8) is 0 Å². The molecular formula is C22H34O4. The Morgan fingerprint density at radius 1 is 0.692 bits per heavy atom. The number of carbonyl (C=O) groups excluding carboxylic acids is 2. The predicted octanol–water partition coefficient (Wildman–Crippen LogP) is 4.50. The predicted molar refractivity (Wildman–Crippen MR) is 98.2 cm³/mol. The first-order valence-electron chi connectivity index (χ1n) is 10.3. The zero-order chi connectivity index (χ0) is 19.1. The zero-order valence-corrected chi connectivity index (χ0v) is 17.2. The Bertz CT molecular complexity index is 595. The highest BCUT2D eigenvalue weighted by molar-refractivity contribution is 6.29. The van der Waals surface area contributed by atoms with E-state index in [1.54, 1.807) is 0 Å². The lowest BCUT2D eigenvalue weighted by Gasteiger charge is -2.39. The number of rotatable bonds is 2. The minimum absolute atomic E-state index is 0.0337. The van der Waals surface area contributed by atoms with Crippen molar-refractivity contribution in [1.82, 2.24) is 0 Å². The first-order valence-corrected chi connectivity index (χ1v) is 10.3. The average molecular weight is 363 g/mol. The second-order valence-electron chi connectivity index (χ2n) is 11.0. The Balaban J connectivity index is 1.41. The molecule has 0 heterocycles. The van der Waals surface area contributed by atoms with Crippen molar-refractivity contribution in [3.8, 4) is 0 Å². The number of carbonyl (C=O) groups is 2. The van der Waals surface area contributed by atoms with Gasteiger partial charge < -0.3 is 9.47 Å². The quantitative estimate of drug-likeness (QED) is 0.536. The Morgan fingerprint density at radius 3 is 1.27 bits per heavy atom. The molecule has 146 valence electrons. The standard InChI is InChI=1S/C22H34O4/c1-19(2)13-7-9-21(19,5)15(11-13)25-17(23)18(24)26-16-12-14-8-10-22(16,6)20(14,3)4/h13-16H,7-12H2,1-6H3/t13-,14-,15+,16+,21-,22-/m1/s1. The maximum atomic E-state index is 12.5. The van der Waals surface area contributed by atoms with Gasteiger partial charge in [-0.1, -0.05) is 41.5 Å². The van der Waals surface area contributed by atoms with Crippen molar-refractivity contribution in [2.75, 3.05) is 0 Å². The SMILES string of the molecule is CC1(C)[C@@H]2CC[C@]1(C)[C@@H](OC(=O)C(=O)O[C@H]1C[C@H]3CC[C@@]1(C)C3(C)C)C2. The van der Waals surface area contributed by atoms with Crippen LogP contribution in [0.3, 0.4) is 0 Å². The van der Waals surface area contributed by atoms with E-state index in [4.69, 9.17) is 9.47 Å². The van der Waals surface area contributed by atoms with Crippen LogP contribution in [0.15, 0.2) is 0 Å². The van der Waals surface area contributed by atoms with Gasteiger partial charge in [-0.2, -0.15) is 0 Å². The van der Waals surface area contributed by atoms with Gasteiger partial charge in [0.15, 0.2) is 0 Å². The first-order chi connectivity index (χ1) is 11.9. The van der Waals surface area contributed by atoms with Crippen molar-refractivity contribution in [1.29, 1.82) is 0 Å². The van der Waals surface area contributed by atoms with Gasteiger partial charge in [-0.15, -0.1) is 0 Å². The second-order valence-corrected chi connectivity index (χ2v) is 11.0. The number of esters is 2. The van der Waals surface area contributed by atoms with Gasteiger partial charge in [0.05, 0.1) is 0 Å². The molecule has 0 aliphatic heterocycles. The summed E-state index contributed by atoms with van der Waals surface area (Å²) in [6.45, 7) is 13.5. The molecule has 4 aliphatic carbocycles. The van der Waals surface area contributed by atoms with E-state index in [-0.39, 0.29) is 33.9 Å². The van der Waals surface area contributed by atoms with Gasteiger partial charge in [-0.05, 0) is 61.2 Å². The van der Waals surface area contributed by atoms with Crippen LogP contribution in [-0.4, -0.2) is 24.1 Å². The molecule has 26 heavy (non-hydrogen) atoms. The van der Waals surface area contributed by atoms with Crippen LogP contribution in [0.25, 0.3) is 0 Å². The highest BCUT2D eigenvalue weighted by Crippen LogP contribution is 2.67. The monoisotopic (exact) mass is 362 g/mol. The molecule has 0 radical (unpaired) electrons. The van der Waals surface area contributed by atoms with Crippen molar-refractivity contribution >= 4 is 11.9 Å². The fraction of sp³-hybridized carbons (Fsp3) is 0.909. The van der Waals surface area contributed by atoms with Crippen LogP contribution >= 0.6 is 0 Å². The molecular weight excluding hydrogens is 328 g/mol. The minimum Gasteiger partial charge on any atom is -0.453 e. The van der Waals surface area contributed by atoms with Crippen LogP contribution in [0.4, 0.5) is 0 Å². The molecule has 0 N–H and O–H groups in total. The Labute approximate surface area is 157 Å². The van der Waals surface area contributed by atoms with Crippen molar-refractivity contribution in [3.05, 3.63) is 0 Å². The van der Waals surface area contributed by atoms with Gasteiger partial charge in [0.25, 0.3) is 0 Å². The second kappa shape index (κ2) is 5.26. The maximum absolute atomic E-state index is 12.5. The molecule has 4 rings (SSSR count). The number of hydrogen-bond acceptors (Lipinski definition) is 4. The largest absolute Gasteiger partial charge is 0.453 e. The molecule has 4 bridgehead atoms. The number of hydrogen-bond donors (Lipinski definition) is 0. The lowest BCUT2D eigenvalue weighted by molar-refractivity contribution is -0.182. The van der Waals surface area contributed by atoms with E-state index < -0.39 is 11.9 Å². The Morgan fingerprint density at radius 2 is 1.04 bits per heavy atom. The van der Waals surface area contributed by atoms with Crippen LogP contribution in [0.1, 0.15) is 80.1 Å². The van der Waals surface area contributed by atoms with Crippen molar-refractivity contribution in [2.45, 2.75) is 92.3 Å². The smallest absolute Gasteiger partial charge is 0.417 e. The van der Waals surface area contributed by atoms with E-state index in [1.165, 1.54) is 12.8 Å². The van der Waals surface area contributed by atoms with Gasteiger partial charge in [0.2, 0.25) is 0 Å². The number of ether oxygens (including phenoxy) is 2. The summed E-state index contributed by atoms with van der Waals surface area (Å²) in [7, 11) is 0. The molecule has 6 atom stereocenters. The summed E-state index contributed by atoms with van der Waals surface area (Å²) in [6.07, 6.45) is 5.93. The average Bonchev–Trinajstić information content (AvgIpc) is 3.06. The third-order valence-corrected chi connectivity index (χ3v) is 10.1. The molecule has 0 aromatic carbocycles. The van der Waals surface area contributed by atoms with E-state index in [0.717, 1.165) is 25.7 Å². The highest BCUT2D eigenvalue weighted by atomic mass is 16.6. The van der Waals surface area contributed by atoms with E-state index in [1.807, 2.05) is 0 Å². The van der Waals surface area contributed by atoms with E-state index >= 15 is 0 Å². The van der Waals surface area contributed by atoms with Crippen LogP contribution in [-0.2, 0) is 19.1 Å². The molecule has 4 heteroatoms. The molecule has 0 spiro atoms. The third-order valence-electron chi connectivity index (χ3n) is 10.1. The van der Waals surface area contributed by atoms with Crippen molar-refractivity contribution < 1.29 is 19.1 Å². The summed E-state index contributed by atoms with van der Waals surface area (Å²) in [5, 5.41) is 0. The van der Waals surface area contributed by atoms with Crippen molar-refractivity contribution in [2.24, 2.45) is 33.5 Å². The molecule has 4 saturated carbocycles. The third kappa shape index (κ3) is 2.08. The summed E-state index contributed by atoms with van der Waals surface area (Å²) in [4.78, 5) is 25.0. The van der Waals surface area contributed by atoms with E-state index in [0.29, 0.717) is 11.8 Å². The molecule has 0 unspecified atom stereocenters. The van der Waals surface area contributed by atoms with E-state index in [9.17, 15) is 9.59 Å². The summed E-state index contributed by atoms with van der Waals surface area (Å²) >= 11 is 0. The Kier molecular flexibility index (Phi) is 3.70. The topological polar surface area (TPSA) is 52.6 Å². The molecule has 0 aromatic heterocycles. The molecule has 0 aromatic rings. The van der Waals surface area contributed by atoms with Crippen LogP contribution in [0.2, 0.25) is 0 Å². The fourth-order valence-corrected chi connectivity index (χ4v) is 6.97. The summed E-state index contributed by atoms with van der Waals surface area (Å²) in [5.41, 5.74) is 0.246. The molecule has 4 fully saturated rings. The Hall–Kier alpha value is -1.06. The van der Waals surface area contributed by atoms with Crippen LogP contribution in [0, 0.1) is 33.5 Å². The fourth-order valence-electron chi connectivity index (χ4n) is 6.97. The molecule has 4 nitrogen and oxygen atoms in total. The van der Waals surface area contributed by atoms with E-state index in [2.05, 4.69) is 41.5 Å². The summed E-state index contributed by atoms with van der Waals surface area (Å²) in [5.74, 6) is -0.425. The maximum Gasteiger partial charge on any atom is 0.417 e. The molecule has 4 aliphatic rings.